The summed E-state index contributed by atoms with van der Waals surface area (Å²) in [6.07, 6.45) is -2.10. The fourth-order valence-electron chi connectivity index (χ4n) is 8.72. The van der Waals surface area contributed by atoms with Gasteiger partial charge in [-0.3, -0.25) is 9.59 Å². The number of carbonyl (C=O) groups excluding carboxylic acids is 3. The van der Waals surface area contributed by atoms with Crippen molar-refractivity contribution in [2.75, 3.05) is 6.61 Å². The lowest BCUT2D eigenvalue weighted by molar-refractivity contribution is -0.332. The molecule has 214 valence electrons. The first-order chi connectivity index (χ1) is 17.4. The van der Waals surface area contributed by atoms with Crippen molar-refractivity contribution in [1.82, 2.24) is 0 Å². The lowest BCUT2D eigenvalue weighted by atomic mass is 9.40. The molecule has 3 aliphatic carbocycles. The molecule has 0 spiro atoms. The lowest BCUT2D eigenvalue weighted by Crippen LogP contribution is -2.78. The van der Waals surface area contributed by atoms with E-state index in [-0.39, 0.29) is 30.8 Å². The molecule has 1 aliphatic heterocycles. The molecule has 2 saturated carbocycles. The molecular weight excluding hydrogens is 490 g/mol. The first-order valence-electron chi connectivity index (χ1n) is 13.8. The fourth-order valence-corrected chi connectivity index (χ4v) is 8.72. The van der Waals surface area contributed by atoms with Gasteiger partial charge in [0.25, 0.3) is 0 Å². The number of hydrogen-bond acceptors (Lipinski definition) is 9. The summed E-state index contributed by atoms with van der Waals surface area (Å²) in [6.45, 7) is 16.5. The van der Waals surface area contributed by atoms with Gasteiger partial charge in [0.15, 0.2) is 11.7 Å². The van der Waals surface area contributed by atoms with Gasteiger partial charge < -0.3 is 30.2 Å². The lowest BCUT2D eigenvalue weighted by Gasteiger charge is -2.68. The molecule has 9 heteroatoms. The summed E-state index contributed by atoms with van der Waals surface area (Å²) >= 11 is 0. The van der Waals surface area contributed by atoms with Gasteiger partial charge in [-0.05, 0) is 43.3 Å². The summed E-state index contributed by atoms with van der Waals surface area (Å²) < 4.78 is 17.8. The van der Waals surface area contributed by atoms with Crippen molar-refractivity contribution in [2.45, 2.75) is 111 Å². The largest absolute Gasteiger partial charge is 0.456 e. The Balaban J connectivity index is 1.93. The van der Waals surface area contributed by atoms with Gasteiger partial charge in [-0.25, -0.2) is 4.79 Å². The second-order valence-corrected chi connectivity index (χ2v) is 13.2. The van der Waals surface area contributed by atoms with Gasteiger partial charge in [0, 0.05) is 42.1 Å². The number of ketones is 1. The number of aliphatic hydroxyl groups is 2. The molecule has 1 saturated heterocycles. The molecule has 7 unspecified atom stereocenters. The number of fused-ring (bicyclic) bond motifs is 5. The normalized spacial score (nSPS) is 45.4. The Bertz CT molecular complexity index is 1070. The van der Waals surface area contributed by atoms with Crippen molar-refractivity contribution in [3.63, 3.8) is 0 Å². The van der Waals surface area contributed by atoms with Crippen molar-refractivity contribution >= 4 is 17.7 Å². The SMILES string of the molecule is CC(=O)OC12COC1C[C@H](C)[C@@]1(C)C(=O)[C@@H](C)C3=C(C)C(OC(=O)C(O)C(C)N)CC(O)([C@@H](C)C21)C3(C)C. The predicted molar refractivity (Wildman–Crippen MR) is 139 cm³/mol. The molecule has 0 amide bonds. The number of hydrogen-bond donors (Lipinski definition) is 3. The van der Waals surface area contributed by atoms with Crippen molar-refractivity contribution in [3.05, 3.63) is 11.1 Å². The number of rotatable bonds is 4. The summed E-state index contributed by atoms with van der Waals surface area (Å²) in [4.78, 5) is 39.8. The van der Waals surface area contributed by atoms with Crippen LogP contribution in [0.15, 0.2) is 11.1 Å². The maximum absolute atomic E-state index is 14.6. The van der Waals surface area contributed by atoms with Gasteiger partial charge in [0.1, 0.15) is 18.0 Å². The van der Waals surface area contributed by atoms with Gasteiger partial charge >= 0.3 is 11.9 Å². The molecule has 9 nitrogen and oxygen atoms in total. The van der Waals surface area contributed by atoms with E-state index < -0.39 is 70.0 Å². The average molecular weight is 536 g/mol. The summed E-state index contributed by atoms with van der Waals surface area (Å²) in [5.41, 5.74) is 2.92. The number of carbonyl (C=O) groups is 3. The Hall–Kier alpha value is -1.81. The molecule has 3 fully saturated rings. The number of nitrogens with two attached hydrogens (primary N) is 1. The van der Waals surface area contributed by atoms with Crippen LogP contribution >= 0.6 is 0 Å². The van der Waals surface area contributed by atoms with Gasteiger partial charge in [-0.2, -0.15) is 0 Å². The zero-order valence-electron chi connectivity index (χ0n) is 24.2. The number of ether oxygens (including phenoxy) is 3. The van der Waals surface area contributed by atoms with Gasteiger partial charge in [-0.15, -0.1) is 0 Å². The number of aliphatic hydroxyl groups excluding tert-OH is 1. The van der Waals surface area contributed by atoms with Crippen LogP contribution in [0.1, 0.15) is 75.2 Å². The summed E-state index contributed by atoms with van der Waals surface area (Å²) in [5, 5.41) is 23.0. The topological polar surface area (TPSA) is 145 Å². The molecule has 0 aromatic rings. The van der Waals surface area contributed by atoms with E-state index in [2.05, 4.69) is 0 Å². The van der Waals surface area contributed by atoms with Crippen molar-refractivity contribution in [3.8, 4) is 0 Å². The van der Waals surface area contributed by atoms with Gasteiger partial charge in [0.05, 0.1) is 12.2 Å². The maximum atomic E-state index is 14.6. The van der Waals surface area contributed by atoms with Crippen LogP contribution in [-0.4, -0.2) is 70.1 Å². The molecule has 0 aromatic carbocycles. The van der Waals surface area contributed by atoms with Crippen molar-refractivity contribution in [2.24, 2.45) is 40.2 Å². The minimum Gasteiger partial charge on any atom is -0.456 e. The monoisotopic (exact) mass is 535 g/mol. The van der Waals surface area contributed by atoms with E-state index in [1.807, 2.05) is 48.5 Å². The Kier molecular flexibility index (Phi) is 7.00. The van der Waals surface area contributed by atoms with E-state index in [0.29, 0.717) is 12.0 Å². The summed E-state index contributed by atoms with van der Waals surface area (Å²) in [7, 11) is 0. The van der Waals surface area contributed by atoms with Crippen LogP contribution in [0, 0.1) is 34.5 Å². The Morgan fingerprint density at radius 1 is 1.18 bits per heavy atom. The highest BCUT2D eigenvalue weighted by molar-refractivity contribution is 5.91. The molecule has 0 aromatic heterocycles. The third-order valence-electron chi connectivity index (χ3n) is 10.9. The molecule has 4 N–H and O–H groups in total. The van der Waals surface area contributed by atoms with Crippen molar-refractivity contribution < 1.29 is 38.8 Å². The highest BCUT2D eigenvalue weighted by Crippen LogP contribution is 2.67. The zero-order chi connectivity index (χ0) is 28.7. The van der Waals surface area contributed by atoms with Crippen molar-refractivity contribution in [1.29, 1.82) is 0 Å². The van der Waals surface area contributed by atoms with Crippen LogP contribution in [0.5, 0.6) is 0 Å². The first-order valence-corrected chi connectivity index (χ1v) is 13.8. The van der Waals surface area contributed by atoms with Gasteiger partial charge in [-0.1, -0.05) is 41.5 Å². The summed E-state index contributed by atoms with van der Waals surface area (Å²) in [6, 6.07) is -0.827. The van der Waals surface area contributed by atoms with E-state index in [1.54, 1.807) is 0 Å². The minimum atomic E-state index is -1.51. The molecule has 4 aliphatic rings. The summed E-state index contributed by atoms with van der Waals surface area (Å²) in [5.74, 6) is -3.05. The molecule has 2 bridgehead atoms. The average Bonchev–Trinajstić information content (AvgIpc) is 2.81. The van der Waals surface area contributed by atoms with Crippen LogP contribution in [0.25, 0.3) is 0 Å². The third kappa shape index (κ3) is 3.68. The maximum Gasteiger partial charge on any atom is 0.337 e. The van der Waals surface area contributed by atoms with E-state index in [9.17, 15) is 24.6 Å². The van der Waals surface area contributed by atoms with E-state index in [4.69, 9.17) is 19.9 Å². The Morgan fingerprint density at radius 3 is 2.29 bits per heavy atom. The van der Waals surface area contributed by atoms with E-state index >= 15 is 0 Å². The highest BCUT2D eigenvalue weighted by Gasteiger charge is 2.74. The van der Waals surface area contributed by atoms with Crippen LogP contribution in [-0.2, 0) is 28.6 Å². The highest BCUT2D eigenvalue weighted by atomic mass is 16.6. The number of Topliss-reactive ketones (excluding diaryl/α,β-unsaturated/α-hetero) is 1. The molecule has 1 heterocycles. The minimum absolute atomic E-state index is 0.0193. The molecule has 0 radical (unpaired) electrons. The smallest absolute Gasteiger partial charge is 0.337 e. The van der Waals surface area contributed by atoms with Crippen LogP contribution in [0.2, 0.25) is 0 Å². The van der Waals surface area contributed by atoms with E-state index in [0.717, 1.165) is 5.57 Å². The van der Waals surface area contributed by atoms with E-state index in [1.165, 1.54) is 13.8 Å². The third-order valence-corrected chi connectivity index (χ3v) is 10.9. The predicted octanol–water partition coefficient (Wildman–Crippen LogP) is 2.30. The zero-order valence-corrected chi connectivity index (χ0v) is 24.2. The first kappa shape index (κ1) is 29.2. The second-order valence-electron chi connectivity index (χ2n) is 13.2. The van der Waals surface area contributed by atoms with Gasteiger partial charge in [0.2, 0.25) is 0 Å². The standard InChI is InChI=1S/C29H45NO8/c1-13-10-20-28(12-36-20,38-18(6)31)23-16(4)29(35)11-19(37-25(34)22(32)17(5)30)14(2)21(26(29,7)8)15(3)24(33)27(13,23)9/h13,15-17,19-20,22-23,32,35H,10-12,30H2,1-9H3/t13-,15-,16-,17?,19?,20?,22?,23?,27+,28?,29?/m0/s1. The molecule has 4 rings (SSSR count). The van der Waals surface area contributed by atoms with Crippen LogP contribution in [0.3, 0.4) is 0 Å². The molecule has 11 atom stereocenters. The van der Waals surface area contributed by atoms with Crippen LogP contribution < -0.4 is 5.73 Å². The quantitative estimate of drug-likeness (QED) is 0.365. The molecule has 38 heavy (non-hydrogen) atoms. The Morgan fingerprint density at radius 2 is 1.79 bits per heavy atom. The van der Waals surface area contributed by atoms with Crippen LogP contribution in [0.4, 0.5) is 0 Å². The molecular formula is C29H45NO8. The fraction of sp³-hybridized carbons (Fsp3) is 0.828. The second kappa shape index (κ2) is 9.11. The Labute approximate surface area is 225 Å². The number of esters is 2.